The summed E-state index contributed by atoms with van der Waals surface area (Å²) < 4.78 is 47.8. The van der Waals surface area contributed by atoms with E-state index < -0.39 is 10.0 Å². The second kappa shape index (κ2) is 9.63. The maximum Gasteiger partial charge on any atom is 0.244 e. The third-order valence-electron chi connectivity index (χ3n) is 5.06. The quantitative estimate of drug-likeness (QED) is 0.517. The highest BCUT2D eigenvalue weighted by Gasteiger charge is 2.27. The van der Waals surface area contributed by atoms with E-state index in [-0.39, 0.29) is 29.9 Å². The van der Waals surface area contributed by atoms with Crippen LogP contribution < -0.4 is 14.2 Å². The summed E-state index contributed by atoms with van der Waals surface area (Å²) >= 11 is 0. The summed E-state index contributed by atoms with van der Waals surface area (Å²) in [5, 5.41) is 11.2. The third kappa shape index (κ3) is 4.59. The number of hydrogen-bond acceptors (Lipinski definition) is 8. The Labute approximate surface area is 186 Å². The highest BCUT2D eigenvalue weighted by molar-refractivity contribution is 7.89. The Balaban J connectivity index is 1.66. The van der Waals surface area contributed by atoms with E-state index in [1.54, 1.807) is 13.0 Å². The van der Waals surface area contributed by atoms with Gasteiger partial charge in [0.05, 0.1) is 25.9 Å². The average molecular weight is 460 g/mol. The number of hydrogen-bond donors (Lipinski definition) is 1. The number of ether oxygens (including phenoxy) is 3. The van der Waals surface area contributed by atoms with E-state index in [0.29, 0.717) is 24.7 Å². The van der Waals surface area contributed by atoms with E-state index in [2.05, 4.69) is 20.2 Å². The largest absolute Gasteiger partial charge is 0.492 e. The minimum Gasteiger partial charge on any atom is -0.492 e. The van der Waals surface area contributed by atoms with Gasteiger partial charge in [-0.3, -0.25) is 0 Å². The second-order valence-electron chi connectivity index (χ2n) is 7.05. The van der Waals surface area contributed by atoms with Crippen LogP contribution in [0.25, 0.3) is 5.69 Å². The molecular formula is C21H25N5O5S. The van der Waals surface area contributed by atoms with Crippen LogP contribution in [0.2, 0.25) is 0 Å². The molecule has 3 aromatic rings. The predicted molar refractivity (Wildman–Crippen MR) is 116 cm³/mol. The minimum absolute atomic E-state index is 0.0243. The molecule has 2 heterocycles. The number of rotatable bonds is 9. The topological polar surface area (TPSA) is 117 Å². The van der Waals surface area contributed by atoms with E-state index in [0.717, 1.165) is 12.0 Å². The van der Waals surface area contributed by atoms with Crippen LogP contribution in [0.4, 0.5) is 0 Å². The number of tetrazole rings is 1. The Bertz CT molecular complexity index is 1170. The minimum atomic E-state index is -3.94. The maximum atomic E-state index is 13.3. The van der Waals surface area contributed by atoms with Gasteiger partial charge in [0.1, 0.15) is 28.4 Å². The second-order valence-corrected chi connectivity index (χ2v) is 8.78. The summed E-state index contributed by atoms with van der Waals surface area (Å²) in [6, 6.07) is 10.9. The van der Waals surface area contributed by atoms with Crippen LogP contribution in [-0.4, -0.2) is 55.0 Å². The van der Waals surface area contributed by atoms with Crippen molar-refractivity contribution < 1.29 is 22.6 Å². The monoisotopic (exact) mass is 459 g/mol. The molecule has 32 heavy (non-hydrogen) atoms. The molecule has 1 N–H and O–H groups in total. The van der Waals surface area contributed by atoms with Crippen molar-refractivity contribution in [1.82, 2.24) is 24.9 Å². The van der Waals surface area contributed by atoms with Crippen molar-refractivity contribution in [2.45, 2.75) is 31.3 Å². The molecular weight excluding hydrogens is 434 g/mol. The zero-order chi connectivity index (χ0) is 22.6. The number of fused-ring (bicyclic) bond motifs is 1. The number of aromatic nitrogens is 4. The molecule has 0 radical (unpaired) electrons. The highest BCUT2D eigenvalue weighted by Crippen LogP contribution is 2.35. The SMILES string of the molecule is CCOc1cc(S(=O)(=O)NC[C@@H]2OCCc3ccccc32)c(OCC)cc1-n1cnnn1. The van der Waals surface area contributed by atoms with Crippen molar-refractivity contribution in [1.29, 1.82) is 0 Å². The Morgan fingerprint density at radius 3 is 2.69 bits per heavy atom. The van der Waals surface area contributed by atoms with Gasteiger partial charge in [-0.05, 0) is 41.8 Å². The molecule has 10 nitrogen and oxygen atoms in total. The Kier molecular flexibility index (Phi) is 6.68. The fraction of sp³-hybridized carbons (Fsp3) is 0.381. The fourth-order valence-electron chi connectivity index (χ4n) is 3.64. The van der Waals surface area contributed by atoms with Gasteiger partial charge in [-0.15, -0.1) is 5.10 Å². The van der Waals surface area contributed by atoms with Crippen molar-refractivity contribution in [3.05, 3.63) is 53.9 Å². The molecule has 1 aliphatic rings. The van der Waals surface area contributed by atoms with Crippen molar-refractivity contribution in [2.75, 3.05) is 26.4 Å². The van der Waals surface area contributed by atoms with Gasteiger partial charge in [0.2, 0.25) is 10.0 Å². The standard InChI is InChI=1S/C21H25N5O5S/c1-3-29-18-12-21(19(30-4-2)11-17(18)26-14-22-24-25-26)32(27,28)23-13-20-16-8-6-5-7-15(16)9-10-31-20/h5-8,11-12,14,20,23H,3-4,9-10,13H2,1-2H3/t20-/m0/s1. The molecule has 11 heteroatoms. The normalized spacial score (nSPS) is 15.9. The molecule has 2 aromatic carbocycles. The van der Waals surface area contributed by atoms with E-state index in [9.17, 15) is 8.42 Å². The molecule has 0 saturated carbocycles. The first-order valence-electron chi connectivity index (χ1n) is 10.4. The number of nitrogens with zero attached hydrogens (tertiary/aromatic N) is 4. The Hall–Kier alpha value is -3.02. The highest BCUT2D eigenvalue weighted by atomic mass is 32.2. The number of nitrogens with one attached hydrogen (secondary N) is 1. The van der Waals surface area contributed by atoms with Crippen LogP contribution in [0.5, 0.6) is 11.5 Å². The molecule has 0 unspecified atom stereocenters. The first kappa shape index (κ1) is 22.2. The fourth-order valence-corrected chi connectivity index (χ4v) is 4.81. The summed E-state index contributed by atoms with van der Waals surface area (Å²) in [4.78, 5) is -0.0243. The lowest BCUT2D eigenvalue weighted by molar-refractivity contribution is 0.0460. The van der Waals surface area contributed by atoms with Gasteiger partial charge in [-0.2, -0.15) is 4.68 Å². The first-order chi connectivity index (χ1) is 15.5. The molecule has 0 saturated heterocycles. The van der Waals surface area contributed by atoms with Gasteiger partial charge < -0.3 is 14.2 Å². The first-order valence-corrected chi connectivity index (χ1v) is 11.9. The van der Waals surface area contributed by atoms with Gasteiger partial charge in [0.15, 0.2) is 0 Å². The van der Waals surface area contributed by atoms with Crippen molar-refractivity contribution in [3.8, 4) is 17.2 Å². The van der Waals surface area contributed by atoms with E-state index in [1.807, 2.05) is 31.2 Å². The predicted octanol–water partition coefficient (Wildman–Crippen LogP) is 2.05. The van der Waals surface area contributed by atoms with Gasteiger partial charge in [0, 0.05) is 18.7 Å². The van der Waals surface area contributed by atoms with Crippen molar-refractivity contribution in [2.24, 2.45) is 0 Å². The van der Waals surface area contributed by atoms with Crippen LogP contribution in [0.3, 0.4) is 0 Å². The van der Waals surface area contributed by atoms with E-state index in [4.69, 9.17) is 14.2 Å². The maximum absolute atomic E-state index is 13.3. The summed E-state index contributed by atoms with van der Waals surface area (Å²) in [7, 11) is -3.94. The van der Waals surface area contributed by atoms with E-state index in [1.165, 1.54) is 22.6 Å². The molecule has 1 aromatic heterocycles. The van der Waals surface area contributed by atoms with Crippen LogP contribution in [-0.2, 0) is 21.2 Å². The van der Waals surface area contributed by atoms with Gasteiger partial charge in [-0.1, -0.05) is 24.3 Å². The van der Waals surface area contributed by atoms with Crippen molar-refractivity contribution in [3.63, 3.8) is 0 Å². The number of benzene rings is 2. The lowest BCUT2D eigenvalue weighted by Crippen LogP contribution is -2.32. The molecule has 0 amide bonds. The van der Waals surface area contributed by atoms with Gasteiger partial charge >= 0.3 is 0 Å². The summed E-state index contributed by atoms with van der Waals surface area (Å²) in [5.41, 5.74) is 2.64. The van der Waals surface area contributed by atoms with Crippen LogP contribution in [0, 0.1) is 0 Å². The smallest absolute Gasteiger partial charge is 0.244 e. The lowest BCUT2D eigenvalue weighted by atomic mass is 9.98. The zero-order valence-electron chi connectivity index (χ0n) is 17.9. The summed E-state index contributed by atoms with van der Waals surface area (Å²) in [5.74, 6) is 0.502. The number of sulfonamides is 1. The van der Waals surface area contributed by atoms with Crippen LogP contribution in [0.1, 0.15) is 31.1 Å². The zero-order valence-corrected chi connectivity index (χ0v) is 18.7. The van der Waals surface area contributed by atoms with Crippen LogP contribution in [0.15, 0.2) is 47.6 Å². The third-order valence-corrected chi connectivity index (χ3v) is 6.51. The molecule has 0 bridgehead atoms. The molecule has 0 spiro atoms. The van der Waals surface area contributed by atoms with Gasteiger partial charge in [0.25, 0.3) is 0 Å². The summed E-state index contributed by atoms with van der Waals surface area (Å²) in [6.45, 7) is 4.85. The van der Waals surface area contributed by atoms with Crippen LogP contribution >= 0.6 is 0 Å². The molecule has 0 fully saturated rings. The molecule has 1 atom stereocenters. The molecule has 0 aliphatic carbocycles. The van der Waals surface area contributed by atoms with E-state index >= 15 is 0 Å². The van der Waals surface area contributed by atoms with Gasteiger partial charge in [-0.25, -0.2) is 13.1 Å². The average Bonchev–Trinajstić information content (AvgIpc) is 3.33. The molecule has 4 rings (SSSR count). The molecule has 1 aliphatic heterocycles. The van der Waals surface area contributed by atoms with Crippen molar-refractivity contribution >= 4 is 10.0 Å². The summed E-state index contributed by atoms with van der Waals surface area (Å²) in [6.07, 6.45) is 1.85. The lowest BCUT2D eigenvalue weighted by Gasteiger charge is -2.26. The Morgan fingerprint density at radius 2 is 1.94 bits per heavy atom. The Morgan fingerprint density at radius 1 is 1.16 bits per heavy atom. The molecule has 170 valence electrons.